The van der Waals surface area contributed by atoms with E-state index in [1.807, 2.05) is 30.9 Å². The van der Waals surface area contributed by atoms with Crippen molar-refractivity contribution in [2.24, 2.45) is 0 Å². The highest BCUT2D eigenvalue weighted by molar-refractivity contribution is 9.10. The molecule has 0 aliphatic heterocycles. The van der Waals surface area contributed by atoms with E-state index in [0.29, 0.717) is 6.54 Å². The Kier molecular flexibility index (Phi) is 4.59. The number of halogens is 1. The van der Waals surface area contributed by atoms with Crippen LogP contribution in [0, 0.1) is 6.92 Å². The monoisotopic (exact) mass is 339 g/mol. The average Bonchev–Trinajstić information content (AvgIpc) is 2.96. The van der Waals surface area contributed by atoms with E-state index in [1.165, 1.54) is 0 Å². The third-order valence-electron chi connectivity index (χ3n) is 2.98. The van der Waals surface area contributed by atoms with Crippen LogP contribution in [-0.4, -0.2) is 37.4 Å². The van der Waals surface area contributed by atoms with Gasteiger partial charge in [0.05, 0.1) is 22.9 Å². The second-order valence-electron chi connectivity index (χ2n) is 4.74. The Morgan fingerprint density at radius 2 is 2.15 bits per heavy atom. The Balaban J connectivity index is 1.98. The van der Waals surface area contributed by atoms with Gasteiger partial charge in [0, 0.05) is 26.0 Å². The third-order valence-corrected chi connectivity index (χ3v) is 3.65. The summed E-state index contributed by atoms with van der Waals surface area (Å²) in [5.74, 6) is 0.00560. The first-order valence-electron chi connectivity index (χ1n) is 6.44. The van der Waals surface area contributed by atoms with Gasteiger partial charge in [0.15, 0.2) is 0 Å². The van der Waals surface area contributed by atoms with Crippen molar-refractivity contribution in [1.82, 2.24) is 24.5 Å². The molecule has 2 aromatic heterocycles. The smallest absolute Gasteiger partial charge is 0.244 e. The maximum absolute atomic E-state index is 12.1. The van der Waals surface area contributed by atoms with Gasteiger partial charge in [-0.2, -0.15) is 10.2 Å². The molecule has 0 atom stereocenters. The number of hydrogen-bond donors (Lipinski definition) is 0. The standard InChI is InChI=1S/C13H18BrN5O/c1-4-18-7-11(14)12(16-18)8-17(3)13(20)9-19-6-10(2)5-15-19/h5-7H,4,8-9H2,1-3H3. The van der Waals surface area contributed by atoms with E-state index in [1.54, 1.807) is 22.8 Å². The van der Waals surface area contributed by atoms with Crippen molar-refractivity contribution in [3.63, 3.8) is 0 Å². The Morgan fingerprint density at radius 3 is 2.70 bits per heavy atom. The number of likely N-dealkylation sites (N-methyl/N-ethyl adjacent to an activating group) is 1. The molecular weight excluding hydrogens is 322 g/mol. The van der Waals surface area contributed by atoms with Crippen molar-refractivity contribution in [1.29, 1.82) is 0 Å². The summed E-state index contributed by atoms with van der Waals surface area (Å²) in [4.78, 5) is 13.8. The molecule has 1 amide bonds. The molecule has 2 aromatic rings. The fourth-order valence-corrected chi connectivity index (χ4v) is 2.27. The van der Waals surface area contributed by atoms with Gasteiger partial charge < -0.3 is 4.90 Å². The van der Waals surface area contributed by atoms with Gasteiger partial charge in [0.2, 0.25) is 5.91 Å². The first-order valence-corrected chi connectivity index (χ1v) is 7.23. The number of carbonyl (C=O) groups excluding carboxylic acids is 1. The number of amides is 1. The van der Waals surface area contributed by atoms with Crippen LogP contribution in [0.25, 0.3) is 0 Å². The van der Waals surface area contributed by atoms with Crippen LogP contribution in [-0.2, 0) is 24.4 Å². The van der Waals surface area contributed by atoms with Crippen LogP contribution in [0.3, 0.4) is 0 Å². The zero-order valence-electron chi connectivity index (χ0n) is 11.9. The lowest BCUT2D eigenvalue weighted by Crippen LogP contribution is -2.30. The number of hydrogen-bond acceptors (Lipinski definition) is 3. The highest BCUT2D eigenvalue weighted by Gasteiger charge is 2.14. The molecule has 2 heterocycles. The maximum Gasteiger partial charge on any atom is 0.244 e. The van der Waals surface area contributed by atoms with Gasteiger partial charge in [-0.25, -0.2) is 0 Å². The van der Waals surface area contributed by atoms with Crippen molar-refractivity contribution in [2.75, 3.05) is 7.05 Å². The molecule has 0 saturated heterocycles. The van der Waals surface area contributed by atoms with Gasteiger partial charge in [-0.05, 0) is 35.3 Å². The molecule has 0 saturated carbocycles. The Labute approximate surface area is 126 Å². The SMILES string of the molecule is CCn1cc(Br)c(CN(C)C(=O)Cn2cc(C)cn2)n1. The van der Waals surface area contributed by atoms with E-state index in [0.717, 1.165) is 22.3 Å². The van der Waals surface area contributed by atoms with Crippen LogP contribution in [0.5, 0.6) is 0 Å². The molecular formula is C13H18BrN5O. The van der Waals surface area contributed by atoms with Crippen LogP contribution in [0.15, 0.2) is 23.1 Å². The minimum absolute atomic E-state index is 0.00560. The van der Waals surface area contributed by atoms with Crippen LogP contribution >= 0.6 is 15.9 Å². The first-order chi connectivity index (χ1) is 9.49. The summed E-state index contributed by atoms with van der Waals surface area (Å²) in [5, 5.41) is 8.54. The summed E-state index contributed by atoms with van der Waals surface area (Å²) in [6, 6.07) is 0. The summed E-state index contributed by atoms with van der Waals surface area (Å²) in [7, 11) is 1.77. The summed E-state index contributed by atoms with van der Waals surface area (Å²) in [6.07, 6.45) is 5.52. The van der Waals surface area contributed by atoms with E-state index in [4.69, 9.17) is 0 Å². The van der Waals surface area contributed by atoms with Crippen molar-refractivity contribution in [2.45, 2.75) is 33.5 Å². The van der Waals surface area contributed by atoms with Crippen LogP contribution in [0.4, 0.5) is 0 Å². The molecule has 0 aliphatic carbocycles. The van der Waals surface area contributed by atoms with Crippen molar-refractivity contribution < 1.29 is 4.79 Å². The number of aryl methyl sites for hydroxylation is 2. The maximum atomic E-state index is 12.1. The predicted octanol–water partition coefficient (Wildman–Crippen LogP) is 1.83. The molecule has 0 spiro atoms. The van der Waals surface area contributed by atoms with E-state index < -0.39 is 0 Å². The molecule has 0 bridgehead atoms. The second-order valence-corrected chi connectivity index (χ2v) is 5.60. The summed E-state index contributed by atoms with van der Waals surface area (Å²) in [5.41, 5.74) is 1.91. The third kappa shape index (κ3) is 3.47. The molecule has 0 radical (unpaired) electrons. The average molecular weight is 340 g/mol. The minimum atomic E-state index is 0.00560. The van der Waals surface area contributed by atoms with E-state index in [-0.39, 0.29) is 12.5 Å². The first kappa shape index (κ1) is 14.8. The molecule has 20 heavy (non-hydrogen) atoms. The molecule has 6 nitrogen and oxygen atoms in total. The van der Waals surface area contributed by atoms with Gasteiger partial charge in [-0.3, -0.25) is 14.2 Å². The molecule has 2 rings (SSSR count). The Morgan fingerprint density at radius 1 is 1.40 bits per heavy atom. The molecule has 0 aliphatic rings. The van der Waals surface area contributed by atoms with Crippen molar-refractivity contribution >= 4 is 21.8 Å². The summed E-state index contributed by atoms with van der Waals surface area (Å²) in [6.45, 7) is 5.51. The molecule has 0 fully saturated rings. The zero-order chi connectivity index (χ0) is 14.7. The zero-order valence-corrected chi connectivity index (χ0v) is 13.5. The summed E-state index contributed by atoms with van der Waals surface area (Å²) >= 11 is 3.47. The fraction of sp³-hybridized carbons (Fsp3) is 0.462. The van der Waals surface area contributed by atoms with E-state index in [2.05, 4.69) is 26.1 Å². The largest absolute Gasteiger partial charge is 0.338 e. The highest BCUT2D eigenvalue weighted by atomic mass is 79.9. The topological polar surface area (TPSA) is 56.0 Å². The van der Waals surface area contributed by atoms with Crippen LogP contribution in [0.2, 0.25) is 0 Å². The molecule has 7 heteroatoms. The highest BCUT2D eigenvalue weighted by Crippen LogP contribution is 2.16. The van der Waals surface area contributed by atoms with E-state index in [9.17, 15) is 4.79 Å². The van der Waals surface area contributed by atoms with E-state index >= 15 is 0 Å². The molecule has 0 aromatic carbocycles. The predicted molar refractivity (Wildman–Crippen MR) is 79.0 cm³/mol. The number of rotatable bonds is 5. The number of carbonyl (C=O) groups is 1. The lowest BCUT2D eigenvalue weighted by molar-refractivity contribution is -0.131. The fourth-order valence-electron chi connectivity index (χ4n) is 1.83. The lowest BCUT2D eigenvalue weighted by Gasteiger charge is -2.16. The van der Waals surface area contributed by atoms with Crippen molar-refractivity contribution in [3.8, 4) is 0 Å². The van der Waals surface area contributed by atoms with Crippen molar-refractivity contribution in [3.05, 3.63) is 34.3 Å². The minimum Gasteiger partial charge on any atom is -0.338 e. The Bertz CT molecular complexity index is 604. The van der Waals surface area contributed by atoms with Gasteiger partial charge in [0.1, 0.15) is 6.54 Å². The molecule has 108 valence electrons. The van der Waals surface area contributed by atoms with Gasteiger partial charge >= 0.3 is 0 Å². The summed E-state index contributed by atoms with van der Waals surface area (Å²) < 4.78 is 4.41. The molecule has 0 N–H and O–H groups in total. The second kappa shape index (κ2) is 6.21. The Hall–Kier alpha value is -1.63. The number of nitrogens with zero attached hydrogens (tertiary/aromatic N) is 5. The lowest BCUT2D eigenvalue weighted by atomic mass is 10.4. The van der Waals surface area contributed by atoms with Gasteiger partial charge in [-0.15, -0.1) is 0 Å². The molecule has 0 unspecified atom stereocenters. The normalized spacial score (nSPS) is 10.8. The van der Waals surface area contributed by atoms with Crippen LogP contribution in [0.1, 0.15) is 18.2 Å². The van der Waals surface area contributed by atoms with Crippen LogP contribution < -0.4 is 0 Å². The van der Waals surface area contributed by atoms with Gasteiger partial charge in [-0.1, -0.05) is 0 Å². The van der Waals surface area contributed by atoms with Gasteiger partial charge in [0.25, 0.3) is 0 Å². The quantitative estimate of drug-likeness (QED) is 0.834. The number of aromatic nitrogens is 4.